The van der Waals surface area contributed by atoms with Crippen molar-refractivity contribution < 1.29 is 0 Å². The molecule has 1 atom stereocenters. The number of hydrogen-bond donors (Lipinski definition) is 2. The summed E-state index contributed by atoms with van der Waals surface area (Å²) in [5, 5.41) is 17.0. The number of benzene rings is 1. The van der Waals surface area contributed by atoms with Gasteiger partial charge in [0.1, 0.15) is 18.2 Å². The number of nitrogens with two attached hydrogens (primary N) is 1. The molecule has 0 unspecified atom stereocenters. The van der Waals surface area contributed by atoms with Crippen LogP contribution in [-0.2, 0) is 0 Å². The number of rotatable bonds is 1. The second-order valence-corrected chi connectivity index (χ2v) is 4.47. The summed E-state index contributed by atoms with van der Waals surface area (Å²) in [5.74, 6) is 0.796. The second kappa shape index (κ2) is 4.30. The third-order valence-electron chi connectivity index (χ3n) is 2.94. The van der Waals surface area contributed by atoms with Crippen molar-refractivity contribution in [2.45, 2.75) is 6.04 Å². The SMILES string of the molecule is N#CC1=C(N)n2ncnc2N[C@H]1c1ccc(Cl)cc1. The van der Waals surface area contributed by atoms with Gasteiger partial charge in [0, 0.05) is 5.02 Å². The van der Waals surface area contributed by atoms with Gasteiger partial charge in [-0.05, 0) is 17.7 Å². The summed E-state index contributed by atoms with van der Waals surface area (Å²) in [6.07, 6.45) is 1.38. The molecule has 1 aliphatic heterocycles. The predicted octanol–water partition coefficient (Wildman–Crippen LogP) is 1.75. The first-order valence-corrected chi connectivity index (χ1v) is 5.90. The van der Waals surface area contributed by atoms with Gasteiger partial charge in [0.25, 0.3) is 0 Å². The van der Waals surface area contributed by atoms with Crippen LogP contribution in [-0.4, -0.2) is 14.8 Å². The third kappa shape index (κ3) is 1.80. The zero-order chi connectivity index (χ0) is 13.4. The number of anilines is 1. The van der Waals surface area contributed by atoms with Gasteiger partial charge in [-0.1, -0.05) is 23.7 Å². The highest BCUT2D eigenvalue weighted by Gasteiger charge is 2.28. The maximum Gasteiger partial charge on any atom is 0.228 e. The molecule has 3 rings (SSSR count). The van der Waals surface area contributed by atoms with Gasteiger partial charge < -0.3 is 11.1 Å². The molecule has 0 spiro atoms. The molecule has 7 heteroatoms. The molecule has 0 bridgehead atoms. The van der Waals surface area contributed by atoms with Crippen LogP contribution < -0.4 is 11.1 Å². The summed E-state index contributed by atoms with van der Waals surface area (Å²) in [5.41, 5.74) is 7.24. The van der Waals surface area contributed by atoms with Crippen molar-refractivity contribution in [3.05, 3.63) is 46.8 Å². The zero-order valence-corrected chi connectivity index (χ0v) is 10.5. The van der Waals surface area contributed by atoms with Crippen molar-refractivity contribution in [2.75, 3.05) is 5.32 Å². The van der Waals surface area contributed by atoms with E-state index in [1.54, 1.807) is 12.1 Å². The molecule has 0 amide bonds. The molecule has 0 radical (unpaired) electrons. The van der Waals surface area contributed by atoms with Gasteiger partial charge in [-0.25, -0.2) is 0 Å². The van der Waals surface area contributed by atoms with Crippen molar-refractivity contribution in [3.8, 4) is 6.07 Å². The molecule has 0 saturated carbocycles. The normalized spacial score (nSPS) is 17.6. The van der Waals surface area contributed by atoms with Crippen LogP contribution >= 0.6 is 11.6 Å². The highest BCUT2D eigenvalue weighted by molar-refractivity contribution is 6.30. The molecule has 1 aliphatic rings. The molecule has 0 saturated heterocycles. The molecule has 19 heavy (non-hydrogen) atoms. The number of nitrogens with zero attached hydrogens (tertiary/aromatic N) is 4. The lowest BCUT2D eigenvalue weighted by Crippen LogP contribution is -2.27. The molecule has 1 aromatic heterocycles. The van der Waals surface area contributed by atoms with E-state index in [-0.39, 0.29) is 11.9 Å². The Hall–Kier alpha value is -2.52. The van der Waals surface area contributed by atoms with E-state index in [1.807, 2.05) is 12.1 Å². The molecule has 2 heterocycles. The molecule has 94 valence electrons. The summed E-state index contributed by atoms with van der Waals surface area (Å²) in [4.78, 5) is 4.06. The van der Waals surface area contributed by atoms with Crippen LogP contribution in [0, 0.1) is 11.3 Å². The van der Waals surface area contributed by atoms with Gasteiger partial charge in [0.15, 0.2) is 0 Å². The van der Waals surface area contributed by atoms with Gasteiger partial charge >= 0.3 is 0 Å². The van der Waals surface area contributed by atoms with Crippen LogP contribution in [0.15, 0.2) is 36.2 Å². The number of nitriles is 1. The van der Waals surface area contributed by atoms with Crippen LogP contribution in [0.4, 0.5) is 5.95 Å². The van der Waals surface area contributed by atoms with Crippen LogP contribution in [0.25, 0.3) is 5.82 Å². The van der Waals surface area contributed by atoms with Gasteiger partial charge in [0.2, 0.25) is 5.95 Å². The fraction of sp³-hybridized carbons (Fsp3) is 0.0833. The van der Waals surface area contributed by atoms with Gasteiger partial charge in [-0.15, -0.1) is 0 Å². The van der Waals surface area contributed by atoms with E-state index in [0.29, 0.717) is 16.5 Å². The lowest BCUT2D eigenvalue weighted by atomic mass is 9.98. The minimum Gasteiger partial charge on any atom is -0.383 e. The summed E-state index contributed by atoms with van der Waals surface area (Å²) in [6.45, 7) is 0. The number of hydrogen-bond acceptors (Lipinski definition) is 5. The van der Waals surface area contributed by atoms with Gasteiger partial charge in [-0.2, -0.15) is 20.0 Å². The standard InChI is InChI=1S/C12H9ClN6/c13-8-3-1-7(2-4-8)10-9(5-14)11(15)19-12(18-10)16-6-17-19/h1-4,6,10H,15H2,(H,16,17,18)/t10-/m0/s1. The molecule has 0 fully saturated rings. The number of fused-ring (bicyclic) bond motifs is 1. The Morgan fingerprint density at radius 2 is 2.11 bits per heavy atom. The first-order chi connectivity index (χ1) is 9.20. The van der Waals surface area contributed by atoms with Crippen molar-refractivity contribution in [3.63, 3.8) is 0 Å². The van der Waals surface area contributed by atoms with E-state index >= 15 is 0 Å². The third-order valence-corrected chi connectivity index (χ3v) is 3.19. The Morgan fingerprint density at radius 1 is 1.37 bits per heavy atom. The monoisotopic (exact) mass is 272 g/mol. The average Bonchev–Trinajstić information content (AvgIpc) is 2.88. The topological polar surface area (TPSA) is 92.5 Å². The molecule has 0 aliphatic carbocycles. The Bertz CT molecular complexity index is 694. The Balaban J connectivity index is 2.11. The second-order valence-electron chi connectivity index (χ2n) is 4.04. The van der Waals surface area contributed by atoms with Crippen molar-refractivity contribution in [1.29, 1.82) is 5.26 Å². The van der Waals surface area contributed by atoms with E-state index in [4.69, 9.17) is 17.3 Å². The molecule has 1 aromatic carbocycles. The summed E-state index contributed by atoms with van der Waals surface area (Å²) < 4.78 is 1.41. The summed E-state index contributed by atoms with van der Waals surface area (Å²) >= 11 is 5.86. The van der Waals surface area contributed by atoms with Crippen LogP contribution in [0.1, 0.15) is 11.6 Å². The predicted molar refractivity (Wildman–Crippen MR) is 70.9 cm³/mol. The van der Waals surface area contributed by atoms with Crippen LogP contribution in [0.2, 0.25) is 5.02 Å². The van der Waals surface area contributed by atoms with E-state index in [1.165, 1.54) is 11.0 Å². The highest BCUT2D eigenvalue weighted by Crippen LogP contribution is 2.32. The molecular formula is C12H9ClN6. The van der Waals surface area contributed by atoms with E-state index in [2.05, 4.69) is 21.5 Å². The summed E-state index contributed by atoms with van der Waals surface area (Å²) in [7, 11) is 0. The fourth-order valence-corrected chi connectivity index (χ4v) is 2.13. The smallest absolute Gasteiger partial charge is 0.228 e. The van der Waals surface area contributed by atoms with Crippen molar-refractivity contribution in [1.82, 2.24) is 14.8 Å². The lowest BCUT2D eigenvalue weighted by Gasteiger charge is -2.25. The van der Waals surface area contributed by atoms with Crippen LogP contribution in [0.3, 0.4) is 0 Å². The molecule has 2 aromatic rings. The number of nitrogens with one attached hydrogen (secondary N) is 1. The van der Waals surface area contributed by atoms with E-state index in [0.717, 1.165) is 5.56 Å². The quantitative estimate of drug-likeness (QED) is 0.825. The molecule has 6 nitrogen and oxygen atoms in total. The first-order valence-electron chi connectivity index (χ1n) is 5.53. The van der Waals surface area contributed by atoms with Gasteiger partial charge in [-0.3, -0.25) is 0 Å². The first kappa shape index (κ1) is 11.6. The van der Waals surface area contributed by atoms with Crippen LogP contribution in [0.5, 0.6) is 0 Å². The zero-order valence-electron chi connectivity index (χ0n) is 9.71. The Labute approximate surface area is 114 Å². The minimum absolute atomic E-state index is 0.286. The average molecular weight is 273 g/mol. The largest absolute Gasteiger partial charge is 0.383 e. The molecular weight excluding hydrogens is 264 g/mol. The van der Waals surface area contributed by atoms with E-state index < -0.39 is 0 Å². The minimum atomic E-state index is -0.348. The number of halogens is 1. The molecule has 3 N–H and O–H groups in total. The summed E-state index contributed by atoms with van der Waals surface area (Å²) in [6, 6.07) is 8.99. The highest BCUT2D eigenvalue weighted by atomic mass is 35.5. The maximum atomic E-state index is 9.30. The number of aromatic nitrogens is 3. The van der Waals surface area contributed by atoms with E-state index in [9.17, 15) is 5.26 Å². The Kier molecular flexibility index (Phi) is 2.62. The van der Waals surface area contributed by atoms with Crippen molar-refractivity contribution >= 4 is 23.4 Å². The maximum absolute atomic E-state index is 9.30. The van der Waals surface area contributed by atoms with Gasteiger partial charge in [0.05, 0.1) is 11.6 Å². The lowest BCUT2D eigenvalue weighted by molar-refractivity contribution is 0.794. The Morgan fingerprint density at radius 3 is 2.79 bits per heavy atom. The fourth-order valence-electron chi connectivity index (χ4n) is 2.01. The van der Waals surface area contributed by atoms with Crippen molar-refractivity contribution in [2.24, 2.45) is 5.73 Å².